The molecular weight excluding hydrogens is 224 g/mol. The molecule has 2 fully saturated rings. The van der Waals surface area contributed by atoms with Gasteiger partial charge in [-0.15, -0.1) is 0 Å². The first-order valence-corrected chi connectivity index (χ1v) is 7.89. The van der Waals surface area contributed by atoms with Gasteiger partial charge in [0, 0.05) is 12.6 Å². The summed E-state index contributed by atoms with van der Waals surface area (Å²) in [5.74, 6) is 0.899. The van der Waals surface area contributed by atoms with Gasteiger partial charge in [-0.05, 0) is 64.2 Å². The molecule has 0 amide bonds. The second kappa shape index (κ2) is 7.46. The van der Waals surface area contributed by atoms with Crippen LogP contribution in [0.15, 0.2) is 0 Å². The van der Waals surface area contributed by atoms with E-state index < -0.39 is 0 Å². The first kappa shape index (κ1) is 14.3. The molecule has 2 unspecified atom stereocenters. The number of hydrogen-bond acceptors (Lipinski definition) is 3. The predicted octanol–water partition coefficient (Wildman–Crippen LogP) is 2.27. The fraction of sp³-hybridized carbons (Fsp3) is 1.00. The summed E-state index contributed by atoms with van der Waals surface area (Å²) < 4.78 is 5.73. The first-order valence-electron chi connectivity index (χ1n) is 7.89. The van der Waals surface area contributed by atoms with Crippen molar-refractivity contribution in [2.45, 2.75) is 58.1 Å². The van der Waals surface area contributed by atoms with Crippen molar-refractivity contribution in [3.05, 3.63) is 0 Å². The lowest BCUT2D eigenvalue weighted by atomic mass is 9.95. The molecule has 2 aliphatic heterocycles. The van der Waals surface area contributed by atoms with Crippen LogP contribution in [0.4, 0.5) is 0 Å². The van der Waals surface area contributed by atoms with Gasteiger partial charge in [-0.25, -0.2) is 0 Å². The van der Waals surface area contributed by atoms with E-state index in [1.165, 1.54) is 51.9 Å². The highest BCUT2D eigenvalue weighted by Gasteiger charge is 2.23. The number of rotatable bonds is 5. The van der Waals surface area contributed by atoms with Crippen molar-refractivity contribution in [1.82, 2.24) is 10.2 Å². The molecule has 0 aromatic heterocycles. The number of hydrogen-bond donors (Lipinski definition) is 1. The standard InChI is InChI=1S/C15H30N2O/c1-3-15-11-14(7-10-18-15)16-12-13-5-8-17(4-2)9-6-13/h13-16H,3-12H2,1-2H3. The second-order valence-corrected chi connectivity index (χ2v) is 5.91. The van der Waals surface area contributed by atoms with Crippen LogP contribution in [0.2, 0.25) is 0 Å². The highest BCUT2D eigenvalue weighted by molar-refractivity contribution is 4.79. The maximum atomic E-state index is 5.73. The summed E-state index contributed by atoms with van der Waals surface area (Å²) in [6.45, 7) is 10.5. The third-order valence-electron chi connectivity index (χ3n) is 4.67. The molecule has 106 valence electrons. The molecule has 1 N–H and O–H groups in total. The quantitative estimate of drug-likeness (QED) is 0.814. The summed E-state index contributed by atoms with van der Waals surface area (Å²) in [7, 11) is 0. The van der Waals surface area contributed by atoms with E-state index in [2.05, 4.69) is 24.1 Å². The first-order chi connectivity index (χ1) is 8.81. The fourth-order valence-corrected chi connectivity index (χ4v) is 3.19. The van der Waals surface area contributed by atoms with Gasteiger partial charge in [0.2, 0.25) is 0 Å². The minimum absolute atomic E-state index is 0.498. The highest BCUT2D eigenvalue weighted by atomic mass is 16.5. The smallest absolute Gasteiger partial charge is 0.0587 e. The van der Waals surface area contributed by atoms with Gasteiger partial charge in [0.25, 0.3) is 0 Å². The Morgan fingerprint density at radius 2 is 1.94 bits per heavy atom. The zero-order valence-corrected chi connectivity index (χ0v) is 12.2. The van der Waals surface area contributed by atoms with Crippen molar-refractivity contribution in [3.8, 4) is 0 Å². The number of likely N-dealkylation sites (tertiary alicyclic amines) is 1. The van der Waals surface area contributed by atoms with Crippen LogP contribution in [0.3, 0.4) is 0 Å². The normalized spacial score (nSPS) is 31.7. The van der Waals surface area contributed by atoms with Gasteiger partial charge in [0.05, 0.1) is 6.10 Å². The molecule has 0 aromatic rings. The van der Waals surface area contributed by atoms with E-state index in [1.54, 1.807) is 0 Å². The SMILES string of the molecule is CCC1CC(NCC2CCN(CC)CC2)CCO1. The Bertz CT molecular complexity index is 227. The van der Waals surface area contributed by atoms with Crippen LogP contribution >= 0.6 is 0 Å². The molecule has 3 heteroatoms. The number of piperidine rings is 1. The highest BCUT2D eigenvalue weighted by Crippen LogP contribution is 2.19. The Morgan fingerprint density at radius 1 is 1.17 bits per heavy atom. The molecule has 2 aliphatic rings. The fourth-order valence-electron chi connectivity index (χ4n) is 3.19. The molecule has 0 aliphatic carbocycles. The Kier molecular flexibility index (Phi) is 5.93. The molecule has 0 radical (unpaired) electrons. The van der Waals surface area contributed by atoms with Gasteiger partial charge < -0.3 is 15.0 Å². The van der Waals surface area contributed by atoms with E-state index in [0.717, 1.165) is 18.9 Å². The van der Waals surface area contributed by atoms with Gasteiger partial charge in [-0.2, -0.15) is 0 Å². The maximum absolute atomic E-state index is 5.73. The zero-order valence-electron chi connectivity index (χ0n) is 12.2. The lowest BCUT2D eigenvalue weighted by molar-refractivity contribution is -0.00105. The van der Waals surface area contributed by atoms with E-state index >= 15 is 0 Å². The summed E-state index contributed by atoms with van der Waals surface area (Å²) in [6, 6.07) is 0.702. The van der Waals surface area contributed by atoms with Gasteiger partial charge in [-0.1, -0.05) is 13.8 Å². The molecule has 0 spiro atoms. The zero-order chi connectivity index (χ0) is 12.8. The Balaban J connectivity index is 1.63. The van der Waals surface area contributed by atoms with Crippen molar-refractivity contribution < 1.29 is 4.74 Å². The molecular formula is C15H30N2O. The predicted molar refractivity (Wildman–Crippen MR) is 75.9 cm³/mol. The van der Waals surface area contributed by atoms with Crippen molar-refractivity contribution in [2.75, 3.05) is 32.8 Å². The monoisotopic (exact) mass is 254 g/mol. The largest absolute Gasteiger partial charge is 0.378 e. The van der Waals surface area contributed by atoms with Crippen LogP contribution in [-0.4, -0.2) is 49.8 Å². The molecule has 0 bridgehead atoms. The van der Waals surface area contributed by atoms with Crippen molar-refractivity contribution in [1.29, 1.82) is 0 Å². The second-order valence-electron chi connectivity index (χ2n) is 5.91. The van der Waals surface area contributed by atoms with Crippen molar-refractivity contribution in [3.63, 3.8) is 0 Å². The van der Waals surface area contributed by atoms with E-state index in [1.807, 2.05) is 0 Å². The van der Waals surface area contributed by atoms with E-state index in [0.29, 0.717) is 12.1 Å². The lowest BCUT2D eigenvalue weighted by Gasteiger charge is -2.34. The Labute approximate surface area is 112 Å². The topological polar surface area (TPSA) is 24.5 Å². The van der Waals surface area contributed by atoms with Crippen LogP contribution in [0, 0.1) is 5.92 Å². The number of ether oxygens (including phenoxy) is 1. The minimum atomic E-state index is 0.498. The van der Waals surface area contributed by atoms with Crippen LogP contribution in [0.25, 0.3) is 0 Å². The number of nitrogens with one attached hydrogen (secondary N) is 1. The van der Waals surface area contributed by atoms with E-state index in [-0.39, 0.29) is 0 Å². The summed E-state index contributed by atoms with van der Waals surface area (Å²) in [6.07, 6.45) is 6.82. The average molecular weight is 254 g/mol. The summed E-state index contributed by atoms with van der Waals surface area (Å²) in [5.41, 5.74) is 0. The minimum Gasteiger partial charge on any atom is -0.378 e. The van der Waals surface area contributed by atoms with E-state index in [9.17, 15) is 0 Å². The number of nitrogens with zero attached hydrogens (tertiary/aromatic N) is 1. The summed E-state index contributed by atoms with van der Waals surface area (Å²) in [4.78, 5) is 2.57. The third-order valence-corrected chi connectivity index (χ3v) is 4.67. The van der Waals surface area contributed by atoms with E-state index in [4.69, 9.17) is 4.74 Å². The summed E-state index contributed by atoms with van der Waals surface area (Å²) >= 11 is 0. The maximum Gasteiger partial charge on any atom is 0.0587 e. The Morgan fingerprint density at radius 3 is 2.61 bits per heavy atom. The molecule has 2 heterocycles. The lowest BCUT2D eigenvalue weighted by Crippen LogP contribution is -2.43. The molecule has 2 rings (SSSR count). The van der Waals surface area contributed by atoms with Gasteiger partial charge in [-0.3, -0.25) is 0 Å². The van der Waals surface area contributed by atoms with Crippen LogP contribution in [0.5, 0.6) is 0 Å². The van der Waals surface area contributed by atoms with Crippen LogP contribution < -0.4 is 5.32 Å². The average Bonchev–Trinajstić information content (AvgIpc) is 2.46. The molecule has 0 saturated carbocycles. The molecule has 18 heavy (non-hydrogen) atoms. The summed E-state index contributed by atoms with van der Waals surface area (Å²) in [5, 5.41) is 3.79. The van der Waals surface area contributed by atoms with Crippen molar-refractivity contribution >= 4 is 0 Å². The molecule has 3 nitrogen and oxygen atoms in total. The van der Waals surface area contributed by atoms with Gasteiger partial charge >= 0.3 is 0 Å². The van der Waals surface area contributed by atoms with Crippen LogP contribution in [0.1, 0.15) is 46.0 Å². The van der Waals surface area contributed by atoms with Gasteiger partial charge in [0.15, 0.2) is 0 Å². The Hall–Kier alpha value is -0.120. The third kappa shape index (κ3) is 4.22. The molecule has 2 atom stereocenters. The van der Waals surface area contributed by atoms with Crippen molar-refractivity contribution in [2.24, 2.45) is 5.92 Å². The van der Waals surface area contributed by atoms with Gasteiger partial charge in [0.1, 0.15) is 0 Å². The molecule has 2 saturated heterocycles. The molecule has 0 aromatic carbocycles. The van der Waals surface area contributed by atoms with Crippen LogP contribution in [-0.2, 0) is 4.74 Å².